The fourth-order valence-electron chi connectivity index (χ4n) is 2.86. The van der Waals surface area contributed by atoms with Gasteiger partial charge in [0.05, 0.1) is 0 Å². The fraction of sp³-hybridized carbons (Fsp3) is 0.333. The Labute approximate surface area is 138 Å². The van der Waals surface area contributed by atoms with Gasteiger partial charge in [-0.2, -0.15) is 21.6 Å². The van der Waals surface area contributed by atoms with E-state index in [0.717, 1.165) is 0 Å². The Morgan fingerprint density at radius 1 is 1.08 bits per heavy atom. The molecule has 0 unspecified atom stereocenters. The summed E-state index contributed by atoms with van der Waals surface area (Å²) in [4.78, 5) is 0.432. The second-order valence-electron chi connectivity index (χ2n) is 5.56. The van der Waals surface area contributed by atoms with Gasteiger partial charge in [-0.15, -0.1) is 0 Å². The molecule has 1 N–H and O–H groups in total. The number of alkyl halides is 3. The predicted octanol–water partition coefficient (Wildman–Crippen LogP) is 4.28. The normalized spacial score (nSPS) is 19.5. The average molecular weight is 380 g/mol. The molecule has 4 nitrogen and oxygen atoms in total. The predicted molar refractivity (Wildman–Crippen MR) is 86.5 cm³/mol. The van der Waals surface area contributed by atoms with E-state index in [0.29, 0.717) is 28.5 Å². The van der Waals surface area contributed by atoms with Crippen LogP contribution in [0.2, 0.25) is 0 Å². The molecule has 1 aliphatic rings. The highest BCUT2D eigenvalue weighted by atomic mass is 32.3. The van der Waals surface area contributed by atoms with E-state index in [4.69, 9.17) is 3.63 Å². The Morgan fingerprint density at radius 3 is 2.38 bits per heavy atom. The topological polar surface area (TPSA) is 63.6 Å². The first-order chi connectivity index (χ1) is 11.1. The second kappa shape index (κ2) is 5.82. The van der Waals surface area contributed by atoms with Crippen LogP contribution in [0, 0.1) is 0 Å². The van der Waals surface area contributed by atoms with Crippen molar-refractivity contribution < 1.29 is 30.3 Å². The Bertz CT molecular complexity index is 872. The first-order valence-corrected chi connectivity index (χ1v) is 10.5. The molecule has 1 aliphatic heterocycles. The number of rotatable bonds is 3. The van der Waals surface area contributed by atoms with Crippen molar-refractivity contribution in [3.63, 3.8) is 0 Å². The van der Waals surface area contributed by atoms with Crippen molar-refractivity contribution in [2.45, 2.75) is 23.2 Å². The molecule has 3 rings (SSSR count). The molecule has 1 heterocycles. The summed E-state index contributed by atoms with van der Waals surface area (Å²) in [6.07, 6.45) is 1.19. The van der Waals surface area contributed by atoms with E-state index in [1.807, 2.05) is 0 Å². The molecule has 24 heavy (non-hydrogen) atoms. The molecule has 0 aliphatic carbocycles. The van der Waals surface area contributed by atoms with Crippen LogP contribution in [0.25, 0.3) is 10.8 Å². The fourth-order valence-corrected chi connectivity index (χ4v) is 8.27. The van der Waals surface area contributed by atoms with Crippen molar-refractivity contribution in [2.24, 2.45) is 0 Å². The minimum absolute atomic E-state index is 0.0406. The minimum Gasteiger partial charge on any atom is -0.508 e. The maximum atomic E-state index is 12.8. The number of fused-ring (bicyclic) bond motifs is 1. The van der Waals surface area contributed by atoms with Gasteiger partial charge in [-0.25, -0.2) is 3.63 Å². The largest absolute Gasteiger partial charge is 0.523 e. The number of hydrogen-bond donors (Lipinski definition) is 1. The van der Waals surface area contributed by atoms with Gasteiger partial charge in [0.15, 0.2) is 0 Å². The van der Waals surface area contributed by atoms with Gasteiger partial charge in [0.25, 0.3) is 0 Å². The zero-order valence-corrected chi connectivity index (χ0v) is 14.0. The van der Waals surface area contributed by atoms with Gasteiger partial charge in [-0.1, -0.05) is 28.5 Å². The summed E-state index contributed by atoms with van der Waals surface area (Å²) in [5.41, 5.74) is -5.46. The monoisotopic (exact) mass is 380 g/mol. The van der Waals surface area contributed by atoms with E-state index in [1.54, 1.807) is 24.3 Å². The van der Waals surface area contributed by atoms with E-state index in [9.17, 15) is 26.7 Å². The highest BCUT2D eigenvalue weighted by Crippen LogP contribution is 2.65. The van der Waals surface area contributed by atoms with Crippen molar-refractivity contribution in [1.82, 2.24) is 0 Å². The first kappa shape index (κ1) is 17.4. The van der Waals surface area contributed by atoms with Gasteiger partial charge in [0, 0.05) is 16.4 Å². The second-order valence-corrected chi connectivity index (χ2v) is 10.4. The molecule has 0 atom stereocenters. The van der Waals surface area contributed by atoms with Crippen LogP contribution >= 0.6 is 10.3 Å². The molecule has 2 aromatic carbocycles. The number of aromatic hydroxyl groups is 1. The Kier molecular flexibility index (Phi) is 4.21. The standard InChI is InChI=1S/C15H15F3O4S2/c16-15(17,18)24(20,21)22-23(8-1-2-9-23)14-5-3-4-11-6-7-12(19)10-13(11)14/h3-7,10,19H,1-2,8-9H2. The summed E-state index contributed by atoms with van der Waals surface area (Å²) in [5.74, 6) is 0.454. The Balaban J connectivity index is 2.18. The van der Waals surface area contributed by atoms with Crippen LogP contribution in [0.4, 0.5) is 13.2 Å². The molecule has 1 saturated heterocycles. The summed E-state index contributed by atoms with van der Waals surface area (Å²) in [6, 6.07) is 9.53. The van der Waals surface area contributed by atoms with Crippen LogP contribution in [0.5, 0.6) is 5.75 Å². The van der Waals surface area contributed by atoms with E-state index < -0.39 is 25.9 Å². The number of phenolic OH excluding ortho intramolecular Hbond substituents is 1. The number of phenols is 1. The average Bonchev–Trinajstić information content (AvgIpc) is 2.94. The lowest BCUT2D eigenvalue weighted by atomic mass is 10.1. The third-order valence-electron chi connectivity index (χ3n) is 3.93. The van der Waals surface area contributed by atoms with Crippen molar-refractivity contribution in [3.8, 4) is 5.75 Å². The Morgan fingerprint density at radius 2 is 1.75 bits per heavy atom. The molecule has 2 aromatic rings. The van der Waals surface area contributed by atoms with E-state index in [1.165, 1.54) is 12.1 Å². The molecule has 0 amide bonds. The summed E-state index contributed by atoms with van der Waals surface area (Å²) in [7, 11) is -8.34. The third kappa shape index (κ3) is 2.96. The molecule has 1 fully saturated rings. The maximum Gasteiger partial charge on any atom is 0.523 e. The summed E-state index contributed by atoms with van der Waals surface area (Å²) in [5, 5.41) is 10.9. The lowest BCUT2D eigenvalue weighted by molar-refractivity contribution is -0.0496. The number of halogens is 3. The zero-order chi connectivity index (χ0) is 17.6. The third-order valence-corrected chi connectivity index (χ3v) is 9.31. The number of hydrogen-bond acceptors (Lipinski definition) is 4. The highest BCUT2D eigenvalue weighted by molar-refractivity contribution is 8.33. The van der Waals surface area contributed by atoms with Crippen LogP contribution < -0.4 is 0 Å². The number of benzene rings is 2. The minimum atomic E-state index is -5.69. The highest BCUT2D eigenvalue weighted by Gasteiger charge is 2.52. The van der Waals surface area contributed by atoms with Crippen molar-refractivity contribution in [1.29, 1.82) is 0 Å². The van der Waals surface area contributed by atoms with Gasteiger partial charge in [-0.3, -0.25) is 0 Å². The molecular weight excluding hydrogens is 365 g/mol. The first-order valence-electron chi connectivity index (χ1n) is 7.17. The van der Waals surface area contributed by atoms with Crippen molar-refractivity contribution >= 4 is 31.2 Å². The van der Waals surface area contributed by atoms with Crippen LogP contribution in [-0.4, -0.2) is 30.5 Å². The molecule has 0 radical (unpaired) electrons. The van der Waals surface area contributed by atoms with Crippen molar-refractivity contribution in [2.75, 3.05) is 11.5 Å². The lowest BCUT2D eigenvalue weighted by Gasteiger charge is -2.35. The lowest BCUT2D eigenvalue weighted by Crippen LogP contribution is -2.27. The molecule has 0 spiro atoms. The molecule has 0 saturated carbocycles. The quantitative estimate of drug-likeness (QED) is 0.807. The zero-order valence-electron chi connectivity index (χ0n) is 12.4. The van der Waals surface area contributed by atoms with Crippen LogP contribution in [0.1, 0.15) is 12.8 Å². The van der Waals surface area contributed by atoms with Gasteiger partial charge in [0.2, 0.25) is 0 Å². The van der Waals surface area contributed by atoms with Gasteiger partial charge >= 0.3 is 15.6 Å². The molecular formula is C15H15F3O4S2. The van der Waals surface area contributed by atoms with Crippen LogP contribution in [0.3, 0.4) is 0 Å². The van der Waals surface area contributed by atoms with Crippen molar-refractivity contribution in [3.05, 3.63) is 36.4 Å². The smallest absolute Gasteiger partial charge is 0.508 e. The molecule has 132 valence electrons. The molecule has 0 bridgehead atoms. The van der Waals surface area contributed by atoms with E-state index in [2.05, 4.69) is 0 Å². The van der Waals surface area contributed by atoms with Gasteiger partial charge < -0.3 is 5.11 Å². The SMILES string of the molecule is O=S(=O)(OS1(c2cccc3ccc(O)cc23)CCCC1)C(F)(F)F. The van der Waals surface area contributed by atoms with Crippen LogP contribution in [0.15, 0.2) is 41.3 Å². The summed E-state index contributed by atoms with van der Waals surface area (Å²) < 4.78 is 66.5. The van der Waals surface area contributed by atoms with Gasteiger partial charge in [0.1, 0.15) is 5.75 Å². The summed E-state index contributed by atoms with van der Waals surface area (Å²) >= 11 is 0. The molecule has 9 heteroatoms. The molecule has 0 aromatic heterocycles. The van der Waals surface area contributed by atoms with Crippen LogP contribution in [-0.2, 0) is 13.7 Å². The summed E-state index contributed by atoms with van der Waals surface area (Å²) in [6.45, 7) is 0. The van der Waals surface area contributed by atoms with E-state index >= 15 is 0 Å². The van der Waals surface area contributed by atoms with E-state index in [-0.39, 0.29) is 17.3 Å². The Hall–Kier alpha value is -1.45. The maximum absolute atomic E-state index is 12.8. The van der Waals surface area contributed by atoms with Gasteiger partial charge in [-0.05, 0) is 41.8 Å².